The maximum Gasteiger partial charge on any atom is 0.273 e. The number of benzene rings is 3. The van der Waals surface area contributed by atoms with Gasteiger partial charge in [0.2, 0.25) is 6.17 Å². The van der Waals surface area contributed by atoms with E-state index in [0.29, 0.717) is 17.1 Å². The van der Waals surface area contributed by atoms with Crippen molar-refractivity contribution in [2.24, 2.45) is 4.99 Å². The lowest BCUT2D eigenvalue weighted by Gasteiger charge is -2.28. The average Bonchev–Trinajstić information content (AvgIpc) is 3.11. The number of benzodiazepines with no additional fused rings is 1. The lowest BCUT2D eigenvalue weighted by atomic mass is 10.00. The third-order valence-corrected chi connectivity index (χ3v) is 6.60. The van der Waals surface area contributed by atoms with Gasteiger partial charge in [0.25, 0.3) is 17.7 Å². The van der Waals surface area contributed by atoms with Gasteiger partial charge in [0.1, 0.15) is 0 Å². The zero-order valence-corrected chi connectivity index (χ0v) is 20.0. The Kier molecular flexibility index (Phi) is 5.45. The highest BCUT2D eigenvalue weighted by Crippen LogP contribution is 2.33. The number of rotatable bonds is 4. The first kappa shape index (κ1) is 22.5. The summed E-state index contributed by atoms with van der Waals surface area (Å²) in [6, 6.07) is 27.4. The van der Waals surface area contributed by atoms with Gasteiger partial charge in [0, 0.05) is 17.3 Å². The predicted molar refractivity (Wildman–Crippen MR) is 139 cm³/mol. The number of amides is 3. The van der Waals surface area contributed by atoms with Crippen LogP contribution in [0.2, 0.25) is 0 Å². The maximum atomic E-state index is 14.2. The van der Waals surface area contributed by atoms with E-state index in [4.69, 9.17) is 4.99 Å². The number of imide groups is 1. The molecule has 7 nitrogen and oxygen atoms in total. The first-order valence-corrected chi connectivity index (χ1v) is 12.0. The number of hydrogen-bond acceptors (Lipinski definition) is 5. The van der Waals surface area contributed by atoms with Crippen molar-refractivity contribution in [2.75, 3.05) is 4.90 Å². The highest BCUT2D eigenvalue weighted by atomic mass is 16.2. The van der Waals surface area contributed by atoms with Crippen LogP contribution in [-0.4, -0.2) is 39.5 Å². The van der Waals surface area contributed by atoms with E-state index < -0.39 is 23.9 Å². The molecule has 3 heterocycles. The molecule has 7 heteroatoms. The topological polar surface area (TPSA) is 82.9 Å². The van der Waals surface area contributed by atoms with Crippen LogP contribution in [0.4, 0.5) is 5.69 Å². The minimum Gasteiger partial charge on any atom is -0.302 e. The molecule has 0 saturated heterocycles. The van der Waals surface area contributed by atoms with E-state index in [1.165, 1.54) is 0 Å². The van der Waals surface area contributed by atoms with Crippen LogP contribution in [-0.2, 0) is 11.3 Å². The molecular formula is C30H22N4O3. The van der Waals surface area contributed by atoms with Gasteiger partial charge in [-0.05, 0) is 42.8 Å². The highest BCUT2D eigenvalue weighted by molar-refractivity contribution is 6.25. The smallest absolute Gasteiger partial charge is 0.273 e. The van der Waals surface area contributed by atoms with Gasteiger partial charge in [-0.15, -0.1) is 0 Å². The summed E-state index contributed by atoms with van der Waals surface area (Å²) in [5.41, 5.74) is 4.92. The molecule has 6 rings (SSSR count). The van der Waals surface area contributed by atoms with Crippen LogP contribution in [0.5, 0.6) is 0 Å². The number of hydrogen-bond donors (Lipinski definition) is 0. The van der Waals surface area contributed by atoms with Crippen LogP contribution in [0, 0.1) is 6.92 Å². The zero-order chi connectivity index (χ0) is 25.5. The first-order valence-electron chi connectivity index (χ1n) is 12.0. The van der Waals surface area contributed by atoms with Gasteiger partial charge in [0.15, 0.2) is 0 Å². The van der Waals surface area contributed by atoms with Gasteiger partial charge in [-0.25, -0.2) is 9.89 Å². The quantitative estimate of drug-likeness (QED) is 0.401. The number of aliphatic imine (C=N–C) groups is 1. The van der Waals surface area contributed by atoms with Crippen molar-refractivity contribution in [1.29, 1.82) is 0 Å². The summed E-state index contributed by atoms with van der Waals surface area (Å²) in [6.45, 7) is 2.12. The number of fused-ring (bicyclic) bond motifs is 2. The molecule has 0 bridgehead atoms. The Hall–Kier alpha value is -4.91. The molecular weight excluding hydrogens is 464 g/mol. The summed E-state index contributed by atoms with van der Waals surface area (Å²) in [7, 11) is 0. The monoisotopic (exact) mass is 486 g/mol. The number of carbonyl (C=O) groups excluding carboxylic acids is 3. The minimum atomic E-state index is -1.38. The number of aromatic nitrogens is 1. The summed E-state index contributed by atoms with van der Waals surface area (Å²) < 4.78 is 0. The summed E-state index contributed by atoms with van der Waals surface area (Å²) in [4.78, 5) is 53.0. The zero-order valence-electron chi connectivity index (χ0n) is 20.0. The van der Waals surface area contributed by atoms with Gasteiger partial charge in [0.05, 0.1) is 34.8 Å². The van der Waals surface area contributed by atoms with Crippen LogP contribution in [0.1, 0.15) is 43.1 Å². The third kappa shape index (κ3) is 3.81. The van der Waals surface area contributed by atoms with E-state index in [9.17, 15) is 14.4 Å². The van der Waals surface area contributed by atoms with Gasteiger partial charge in [-0.2, -0.15) is 0 Å². The Balaban J connectivity index is 1.54. The molecule has 180 valence electrons. The van der Waals surface area contributed by atoms with E-state index in [-0.39, 0.29) is 17.7 Å². The number of anilines is 1. The minimum absolute atomic E-state index is 0.161. The first-order chi connectivity index (χ1) is 18.0. The summed E-state index contributed by atoms with van der Waals surface area (Å²) >= 11 is 0. The fraction of sp³-hybridized carbons (Fsp3) is 0.100. The third-order valence-electron chi connectivity index (χ3n) is 6.60. The lowest BCUT2D eigenvalue weighted by molar-refractivity contribution is -0.122. The molecule has 0 fully saturated rings. The lowest BCUT2D eigenvalue weighted by Crippen LogP contribution is -2.49. The fourth-order valence-corrected chi connectivity index (χ4v) is 4.85. The molecule has 1 aromatic heterocycles. The van der Waals surface area contributed by atoms with E-state index in [1.54, 1.807) is 35.4 Å². The Morgan fingerprint density at radius 1 is 0.757 bits per heavy atom. The van der Waals surface area contributed by atoms with Crippen LogP contribution < -0.4 is 4.90 Å². The van der Waals surface area contributed by atoms with Crippen LogP contribution in [0.15, 0.2) is 102 Å². The fourth-order valence-electron chi connectivity index (χ4n) is 4.85. The van der Waals surface area contributed by atoms with Crippen molar-refractivity contribution in [1.82, 2.24) is 9.88 Å². The Morgan fingerprint density at radius 3 is 2.05 bits per heavy atom. The summed E-state index contributed by atoms with van der Waals surface area (Å²) in [5, 5.41) is 0. The molecule has 2 aliphatic heterocycles. The second-order valence-electron chi connectivity index (χ2n) is 9.01. The Labute approximate surface area is 213 Å². The van der Waals surface area contributed by atoms with E-state index in [1.807, 2.05) is 73.7 Å². The van der Waals surface area contributed by atoms with Crippen LogP contribution >= 0.6 is 0 Å². The molecule has 0 spiro atoms. The van der Waals surface area contributed by atoms with Gasteiger partial charge >= 0.3 is 0 Å². The van der Waals surface area contributed by atoms with Crippen LogP contribution in [0.25, 0.3) is 0 Å². The largest absolute Gasteiger partial charge is 0.302 e. The van der Waals surface area contributed by atoms with Crippen molar-refractivity contribution in [2.45, 2.75) is 19.6 Å². The second-order valence-corrected chi connectivity index (χ2v) is 9.01. The number of nitrogens with zero attached hydrogens (tertiary/aromatic N) is 4. The Bertz CT molecular complexity index is 1560. The average molecular weight is 487 g/mol. The summed E-state index contributed by atoms with van der Waals surface area (Å²) in [5.74, 6) is -1.54. The SMILES string of the molecule is Cc1ccnc(CN2C(=O)C(N3C(=O)c4ccccc4C3=O)N=C(c3ccccc3)c3ccccc32)c1. The standard InChI is InChI=1S/C30H22N4O3/c1-19-15-16-31-21(17-19)18-33-25-14-8-7-13-24(25)26(20-9-3-2-4-10-20)32-27(30(33)37)34-28(35)22-11-5-6-12-23(22)29(34)36/h2-17,27H,18H2,1H3. The molecule has 0 N–H and O–H groups in total. The molecule has 1 atom stereocenters. The van der Waals surface area contributed by atoms with E-state index in [0.717, 1.165) is 21.6 Å². The normalized spacial score (nSPS) is 16.8. The molecule has 1 unspecified atom stereocenters. The molecule has 0 radical (unpaired) electrons. The molecule has 3 amide bonds. The Morgan fingerprint density at radius 2 is 1.38 bits per heavy atom. The second kappa shape index (κ2) is 8.95. The van der Waals surface area contributed by atoms with Crippen molar-refractivity contribution < 1.29 is 14.4 Å². The van der Waals surface area contributed by atoms with Crippen molar-refractivity contribution in [3.63, 3.8) is 0 Å². The molecule has 2 aliphatic rings. The predicted octanol–water partition coefficient (Wildman–Crippen LogP) is 4.40. The summed E-state index contributed by atoms with van der Waals surface area (Å²) in [6.07, 6.45) is 0.326. The molecule has 37 heavy (non-hydrogen) atoms. The number of pyridine rings is 1. The number of carbonyl (C=O) groups is 3. The molecule has 4 aromatic rings. The van der Waals surface area contributed by atoms with E-state index >= 15 is 0 Å². The highest BCUT2D eigenvalue weighted by Gasteiger charge is 2.46. The van der Waals surface area contributed by atoms with Crippen molar-refractivity contribution in [3.05, 3.63) is 131 Å². The van der Waals surface area contributed by atoms with E-state index in [2.05, 4.69) is 4.98 Å². The molecule has 0 saturated carbocycles. The van der Waals surface area contributed by atoms with Crippen molar-refractivity contribution in [3.8, 4) is 0 Å². The number of aryl methyl sites for hydroxylation is 1. The molecule has 3 aromatic carbocycles. The maximum absolute atomic E-state index is 14.2. The molecule has 0 aliphatic carbocycles. The van der Waals surface area contributed by atoms with Crippen LogP contribution in [0.3, 0.4) is 0 Å². The van der Waals surface area contributed by atoms with Gasteiger partial charge < -0.3 is 4.90 Å². The van der Waals surface area contributed by atoms with Crippen molar-refractivity contribution >= 4 is 29.1 Å². The van der Waals surface area contributed by atoms with Gasteiger partial charge in [-0.1, -0.05) is 60.7 Å². The van der Waals surface area contributed by atoms with Gasteiger partial charge in [-0.3, -0.25) is 19.4 Å². The number of para-hydroxylation sites is 1.